The summed E-state index contributed by atoms with van der Waals surface area (Å²) in [6, 6.07) is 3.98. The number of carboxylic acid groups (broad SMARTS) is 1. The zero-order valence-corrected chi connectivity index (χ0v) is 13.2. The predicted octanol–water partition coefficient (Wildman–Crippen LogP) is 4.27. The number of nitrogens with zero attached hydrogens (tertiary/aromatic N) is 1. The number of rotatable bonds is 2. The Kier molecular flexibility index (Phi) is 3.41. The minimum atomic E-state index is -0.853. The maximum Gasteiger partial charge on any atom is 0.337 e. The molecule has 0 aliphatic rings. The molecule has 108 valence electrons. The van der Waals surface area contributed by atoms with Crippen molar-refractivity contribution in [1.29, 1.82) is 0 Å². The molecule has 0 amide bonds. The van der Waals surface area contributed by atoms with E-state index in [4.69, 9.17) is 0 Å². The van der Waals surface area contributed by atoms with Crippen molar-refractivity contribution in [1.82, 2.24) is 4.57 Å². The summed E-state index contributed by atoms with van der Waals surface area (Å²) in [7, 11) is 0. The van der Waals surface area contributed by atoms with Crippen molar-refractivity contribution >= 4 is 16.9 Å². The van der Waals surface area contributed by atoms with Gasteiger partial charge in [0.2, 0.25) is 0 Å². The van der Waals surface area contributed by atoms with Gasteiger partial charge in [0.15, 0.2) is 0 Å². The summed E-state index contributed by atoms with van der Waals surface area (Å²) >= 11 is 0. The van der Waals surface area contributed by atoms with E-state index in [9.17, 15) is 9.90 Å². The third-order valence-corrected chi connectivity index (χ3v) is 4.14. The van der Waals surface area contributed by atoms with Crippen molar-refractivity contribution in [2.24, 2.45) is 0 Å². The number of benzene rings is 1. The standard InChI is InChI=1S/C17H23NO2/c1-7-18-11(3)10(2)13-8-12(17(4,5)6)9-14(15(13)18)16(19)20/h8-9H,7H2,1-6H3,(H,19,20). The van der Waals surface area contributed by atoms with Gasteiger partial charge in [-0.15, -0.1) is 0 Å². The van der Waals surface area contributed by atoms with Crippen LogP contribution >= 0.6 is 0 Å². The van der Waals surface area contributed by atoms with Gasteiger partial charge in [-0.3, -0.25) is 0 Å². The lowest BCUT2D eigenvalue weighted by molar-refractivity contribution is 0.0698. The van der Waals surface area contributed by atoms with Crippen LogP contribution in [0.3, 0.4) is 0 Å². The Balaban J connectivity index is 2.97. The number of aromatic nitrogens is 1. The topological polar surface area (TPSA) is 42.2 Å². The van der Waals surface area contributed by atoms with Crippen LogP contribution in [0, 0.1) is 13.8 Å². The Morgan fingerprint density at radius 1 is 1.25 bits per heavy atom. The lowest BCUT2D eigenvalue weighted by atomic mass is 9.85. The van der Waals surface area contributed by atoms with Gasteiger partial charge in [0.05, 0.1) is 11.1 Å². The van der Waals surface area contributed by atoms with E-state index in [0.717, 1.165) is 28.7 Å². The zero-order chi connectivity index (χ0) is 15.2. The molecular formula is C17H23NO2. The number of fused-ring (bicyclic) bond motifs is 1. The second-order valence-corrected chi connectivity index (χ2v) is 6.43. The molecule has 0 unspecified atom stereocenters. The molecule has 0 aliphatic carbocycles. The molecule has 20 heavy (non-hydrogen) atoms. The molecule has 0 saturated heterocycles. The number of hydrogen-bond acceptors (Lipinski definition) is 1. The molecule has 0 aliphatic heterocycles. The minimum Gasteiger partial charge on any atom is -0.478 e. The molecule has 0 radical (unpaired) electrons. The Bertz CT molecular complexity index is 687. The average molecular weight is 273 g/mol. The van der Waals surface area contributed by atoms with Crippen LogP contribution in [0.4, 0.5) is 0 Å². The Morgan fingerprint density at radius 2 is 1.85 bits per heavy atom. The molecule has 0 spiro atoms. The van der Waals surface area contributed by atoms with E-state index in [1.165, 1.54) is 5.56 Å². The van der Waals surface area contributed by atoms with Crippen molar-refractivity contribution in [3.63, 3.8) is 0 Å². The zero-order valence-electron chi connectivity index (χ0n) is 13.2. The van der Waals surface area contributed by atoms with E-state index >= 15 is 0 Å². The number of carbonyl (C=O) groups is 1. The molecule has 0 bridgehead atoms. The summed E-state index contributed by atoms with van der Waals surface area (Å²) < 4.78 is 2.10. The van der Waals surface area contributed by atoms with E-state index in [-0.39, 0.29) is 5.41 Å². The van der Waals surface area contributed by atoms with Gasteiger partial charge < -0.3 is 9.67 Å². The van der Waals surface area contributed by atoms with E-state index in [0.29, 0.717) is 5.56 Å². The maximum atomic E-state index is 11.7. The quantitative estimate of drug-likeness (QED) is 0.887. The van der Waals surface area contributed by atoms with Crippen molar-refractivity contribution in [3.05, 3.63) is 34.5 Å². The molecule has 3 heteroatoms. The van der Waals surface area contributed by atoms with Gasteiger partial charge in [-0.05, 0) is 49.4 Å². The molecule has 3 nitrogen and oxygen atoms in total. The Morgan fingerprint density at radius 3 is 2.30 bits per heavy atom. The third-order valence-electron chi connectivity index (χ3n) is 4.14. The summed E-state index contributed by atoms with van der Waals surface area (Å²) in [4.78, 5) is 11.7. The minimum absolute atomic E-state index is 0.0625. The smallest absolute Gasteiger partial charge is 0.337 e. The Labute approximate surface area is 120 Å². The first-order chi connectivity index (χ1) is 9.18. The molecule has 2 aromatic rings. The Hall–Kier alpha value is -1.77. The van der Waals surface area contributed by atoms with Crippen LogP contribution in [-0.2, 0) is 12.0 Å². The molecule has 0 saturated carbocycles. The molecule has 1 aromatic heterocycles. The van der Waals surface area contributed by atoms with Crippen molar-refractivity contribution in [3.8, 4) is 0 Å². The molecule has 1 aromatic carbocycles. The first-order valence-electron chi connectivity index (χ1n) is 7.05. The fraction of sp³-hybridized carbons (Fsp3) is 0.471. The second-order valence-electron chi connectivity index (χ2n) is 6.43. The van der Waals surface area contributed by atoms with Crippen molar-refractivity contribution < 1.29 is 9.90 Å². The van der Waals surface area contributed by atoms with Gasteiger partial charge in [-0.25, -0.2) is 4.79 Å². The molecule has 0 atom stereocenters. The van der Waals surface area contributed by atoms with Gasteiger partial charge >= 0.3 is 5.97 Å². The van der Waals surface area contributed by atoms with Gasteiger partial charge in [-0.1, -0.05) is 20.8 Å². The third kappa shape index (κ3) is 2.11. The van der Waals surface area contributed by atoms with Crippen LogP contribution in [-0.4, -0.2) is 15.6 Å². The molecular weight excluding hydrogens is 250 g/mol. The number of aryl methyl sites for hydroxylation is 2. The van der Waals surface area contributed by atoms with Crippen LogP contribution in [0.5, 0.6) is 0 Å². The lowest BCUT2D eigenvalue weighted by Gasteiger charge is -2.20. The summed E-state index contributed by atoms with van der Waals surface area (Å²) in [6.07, 6.45) is 0. The van der Waals surface area contributed by atoms with Crippen LogP contribution in [0.1, 0.15) is 54.9 Å². The highest BCUT2D eigenvalue weighted by atomic mass is 16.4. The first-order valence-corrected chi connectivity index (χ1v) is 7.05. The van der Waals surface area contributed by atoms with Gasteiger partial charge in [0.25, 0.3) is 0 Å². The summed E-state index contributed by atoms with van der Waals surface area (Å²) in [6.45, 7) is 13.3. The second kappa shape index (κ2) is 4.65. The molecule has 1 heterocycles. The average Bonchev–Trinajstić information content (AvgIpc) is 2.59. The van der Waals surface area contributed by atoms with Crippen LogP contribution < -0.4 is 0 Å². The highest BCUT2D eigenvalue weighted by Gasteiger charge is 2.22. The van der Waals surface area contributed by atoms with Crippen molar-refractivity contribution in [2.45, 2.75) is 53.5 Å². The number of aromatic carboxylic acids is 1. The van der Waals surface area contributed by atoms with Gasteiger partial charge in [-0.2, -0.15) is 0 Å². The predicted molar refractivity (Wildman–Crippen MR) is 82.7 cm³/mol. The van der Waals surface area contributed by atoms with E-state index in [1.54, 1.807) is 0 Å². The van der Waals surface area contributed by atoms with E-state index in [2.05, 4.69) is 52.2 Å². The SMILES string of the molecule is CCn1c(C)c(C)c2cc(C(C)(C)C)cc(C(=O)O)c21. The molecule has 1 N–H and O–H groups in total. The highest BCUT2D eigenvalue weighted by molar-refractivity contribution is 6.04. The van der Waals surface area contributed by atoms with E-state index in [1.807, 2.05) is 6.07 Å². The summed E-state index contributed by atoms with van der Waals surface area (Å²) in [5.41, 5.74) is 4.59. The fourth-order valence-electron chi connectivity index (χ4n) is 2.77. The van der Waals surface area contributed by atoms with Gasteiger partial charge in [0, 0.05) is 17.6 Å². The number of carboxylic acids is 1. The number of hydrogen-bond donors (Lipinski definition) is 1. The first kappa shape index (κ1) is 14.6. The maximum absolute atomic E-state index is 11.7. The monoisotopic (exact) mass is 273 g/mol. The van der Waals surface area contributed by atoms with Gasteiger partial charge in [0.1, 0.15) is 0 Å². The van der Waals surface area contributed by atoms with Crippen molar-refractivity contribution in [2.75, 3.05) is 0 Å². The highest BCUT2D eigenvalue weighted by Crippen LogP contribution is 2.33. The van der Waals surface area contributed by atoms with Crippen LogP contribution in [0.2, 0.25) is 0 Å². The van der Waals surface area contributed by atoms with E-state index < -0.39 is 5.97 Å². The summed E-state index contributed by atoms with van der Waals surface area (Å²) in [5, 5.41) is 10.6. The lowest BCUT2D eigenvalue weighted by Crippen LogP contribution is -2.13. The van der Waals surface area contributed by atoms with Crippen LogP contribution in [0.25, 0.3) is 10.9 Å². The molecule has 0 fully saturated rings. The van der Waals surface area contributed by atoms with Crippen LogP contribution in [0.15, 0.2) is 12.1 Å². The molecule has 2 rings (SSSR count). The normalized spacial score (nSPS) is 12.1. The summed E-state index contributed by atoms with van der Waals surface area (Å²) in [5.74, 6) is -0.853. The largest absolute Gasteiger partial charge is 0.478 e. The fourth-order valence-corrected chi connectivity index (χ4v) is 2.77.